The second-order valence-corrected chi connectivity index (χ2v) is 4.51. The Balaban J connectivity index is 1.99. The summed E-state index contributed by atoms with van der Waals surface area (Å²) in [6.07, 6.45) is 4.16. The highest BCUT2D eigenvalue weighted by Crippen LogP contribution is 2.32. The smallest absolute Gasteiger partial charge is 0.0107 e. The van der Waals surface area contributed by atoms with Crippen molar-refractivity contribution in [1.29, 1.82) is 0 Å². The Labute approximate surface area is 89.1 Å². The standard InChI is InChI=1S/C12H26N2/c1-4-9-14(5-2)10-8-13-11(3)12-6-7-12/h11-13H,4-10H2,1-3H3. The molecule has 1 rings (SSSR count). The summed E-state index contributed by atoms with van der Waals surface area (Å²) < 4.78 is 0. The predicted octanol–water partition coefficient (Wildman–Crippen LogP) is 2.11. The molecule has 1 fully saturated rings. The summed E-state index contributed by atoms with van der Waals surface area (Å²) in [5.74, 6) is 0.983. The van der Waals surface area contributed by atoms with Crippen LogP contribution in [0.1, 0.15) is 40.0 Å². The van der Waals surface area contributed by atoms with E-state index in [4.69, 9.17) is 0 Å². The van der Waals surface area contributed by atoms with E-state index in [0.29, 0.717) is 0 Å². The van der Waals surface area contributed by atoms with E-state index in [1.165, 1.54) is 38.9 Å². The molecule has 1 aliphatic carbocycles. The first-order valence-electron chi connectivity index (χ1n) is 6.23. The summed E-state index contributed by atoms with van der Waals surface area (Å²) in [4.78, 5) is 2.52. The van der Waals surface area contributed by atoms with Gasteiger partial charge in [-0.25, -0.2) is 0 Å². The van der Waals surface area contributed by atoms with Crippen molar-refractivity contribution in [3.63, 3.8) is 0 Å². The van der Waals surface area contributed by atoms with Gasteiger partial charge < -0.3 is 10.2 Å². The molecule has 0 spiro atoms. The molecule has 14 heavy (non-hydrogen) atoms. The Hall–Kier alpha value is -0.0800. The molecule has 0 aromatic carbocycles. The average molecular weight is 198 g/mol. The van der Waals surface area contributed by atoms with Crippen LogP contribution in [0.5, 0.6) is 0 Å². The molecular formula is C12H26N2. The molecule has 1 N–H and O–H groups in total. The van der Waals surface area contributed by atoms with Gasteiger partial charge in [0.05, 0.1) is 0 Å². The van der Waals surface area contributed by atoms with Crippen molar-refractivity contribution in [2.24, 2.45) is 5.92 Å². The van der Waals surface area contributed by atoms with E-state index in [0.717, 1.165) is 18.5 Å². The summed E-state index contributed by atoms with van der Waals surface area (Å²) in [6, 6.07) is 0.746. The fraction of sp³-hybridized carbons (Fsp3) is 1.00. The topological polar surface area (TPSA) is 15.3 Å². The van der Waals surface area contributed by atoms with Crippen molar-refractivity contribution in [3.05, 3.63) is 0 Å². The van der Waals surface area contributed by atoms with E-state index in [-0.39, 0.29) is 0 Å². The molecule has 0 aromatic heterocycles. The molecule has 2 heteroatoms. The fourth-order valence-corrected chi connectivity index (χ4v) is 1.96. The number of nitrogens with zero attached hydrogens (tertiary/aromatic N) is 1. The van der Waals surface area contributed by atoms with Gasteiger partial charge in [0.25, 0.3) is 0 Å². The molecule has 1 atom stereocenters. The van der Waals surface area contributed by atoms with Crippen LogP contribution in [0.25, 0.3) is 0 Å². The van der Waals surface area contributed by atoms with Crippen LogP contribution in [0.3, 0.4) is 0 Å². The highest BCUT2D eigenvalue weighted by molar-refractivity contribution is 4.83. The molecule has 0 bridgehead atoms. The van der Waals surface area contributed by atoms with Gasteiger partial charge in [0.1, 0.15) is 0 Å². The second kappa shape index (κ2) is 6.41. The van der Waals surface area contributed by atoms with Crippen molar-refractivity contribution in [2.45, 2.75) is 46.1 Å². The average Bonchev–Trinajstić information content (AvgIpc) is 2.99. The van der Waals surface area contributed by atoms with Crippen molar-refractivity contribution in [2.75, 3.05) is 26.2 Å². The van der Waals surface area contributed by atoms with Crippen LogP contribution in [-0.4, -0.2) is 37.1 Å². The quantitative estimate of drug-likeness (QED) is 0.642. The van der Waals surface area contributed by atoms with Crippen molar-refractivity contribution in [3.8, 4) is 0 Å². The van der Waals surface area contributed by atoms with Gasteiger partial charge in [0, 0.05) is 19.1 Å². The van der Waals surface area contributed by atoms with Gasteiger partial charge in [-0.1, -0.05) is 13.8 Å². The number of likely N-dealkylation sites (N-methyl/N-ethyl adjacent to an activating group) is 1. The Morgan fingerprint density at radius 1 is 1.29 bits per heavy atom. The van der Waals surface area contributed by atoms with Gasteiger partial charge in [0.2, 0.25) is 0 Å². The van der Waals surface area contributed by atoms with Crippen molar-refractivity contribution < 1.29 is 0 Å². The molecule has 1 aliphatic rings. The lowest BCUT2D eigenvalue weighted by molar-refractivity contribution is 0.281. The van der Waals surface area contributed by atoms with Crippen LogP contribution in [0, 0.1) is 5.92 Å². The molecule has 0 aliphatic heterocycles. The first-order chi connectivity index (χ1) is 6.77. The minimum atomic E-state index is 0.746. The maximum Gasteiger partial charge on any atom is 0.0107 e. The van der Waals surface area contributed by atoms with Gasteiger partial charge in [-0.2, -0.15) is 0 Å². The number of hydrogen-bond acceptors (Lipinski definition) is 2. The summed E-state index contributed by atoms with van der Waals surface area (Å²) in [5, 5.41) is 3.63. The fourth-order valence-electron chi connectivity index (χ4n) is 1.96. The Morgan fingerprint density at radius 3 is 2.50 bits per heavy atom. The summed E-state index contributed by atoms with van der Waals surface area (Å²) in [7, 11) is 0. The minimum absolute atomic E-state index is 0.746. The van der Waals surface area contributed by atoms with Gasteiger partial charge in [-0.3, -0.25) is 0 Å². The van der Waals surface area contributed by atoms with E-state index in [9.17, 15) is 0 Å². The lowest BCUT2D eigenvalue weighted by Gasteiger charge is -2.21. The molecule has 0 saturated heterocycles. The highest BCUT2D eigenvalue weighted by atomic mass is 15.1. The van der Waals surface area contributed by atoms with Gasteiger partial charge in [-0.05, 0) is 45.2 Å². The van der Waals surface area contributed by atoms with Crippen LogP contribution < -0.4 is 5.32 Å². The molecule has 0 aromatic rings. The zero-order chi connectivity index (χ0) is 10.4. The lowest BCUT2D eigenvalue weighted by atomic mass is 10.2. The third-order valence-corrected chi connectivity index (χ3v) is 3.21. The third-order valence-electron chi connectivity index (χ3n) is 3.21. The number of hydrogen-bond donors (Lipinski definition) is 1. The molecule has 1 saturated carbocycles. The molecule has 1 unspecified atom stereocenters. The zero-order valence-corrected chi connectivity index (χ0v) is 10.1. The van der Waals surface area contributed by atoms with E-state index in [1.807, 2.05) is 0 Å². The summed E-state index contributed by atoms with van der Waals surface area (Å²) in [5.41, 5.74) is 0. The summed E-state index contributed by atoms with van der Waals surface area (Å²) >= 11 is 0. The van der Waals surface area contributed by atoms with E-state index >= 15 is 0 Å². The SMILES string of the molecule is CCCN(CC)CCNC(C)C1CC1. The van der Waals surface area contributed by atoms with E-state index < -0.39 is 0 Å². The molecule has 0 amide bonds. The summed E-state index contributed by atoms with van der Waals surface area (Å²) in [6.45, 7) is 11.6. The number of rotatable bonds is 8. The minimum Gasteiger partial charge on any atom is -0.313 e. The third kappa shape index (κ3) is 4.43. The zero-order valence-electron chi connectivity index (χ0n) is 10.1. The van der Waals surface area contributed by atoms with Crippen LogP contribution in [0.15, 0.2) is 0 Å². The molecular weight excluding hydrogens is 172 g/mol. The Kier molecular flexibility index (Phi) is 5.49. The van der Waals surface area contributed by atoms with Gasteiger partial charge in [0.15, 0.2) is 0 Å². The lowest BCUT2D eigenvalue weighted by Crippen LogP contribution is -2.37. The maximum absolute atomic E-state index is 3.63. The second-order valence-electron chi connectivity index (χ2n) is 4.51. The molecule has 2 nitrogen and oxygen atoms in total. The first kappa shape index (κ1) is 12.0. The predicted molar refractivity (Wildman–Crippen MR) is 62.6 cm³/mol. The first-order valence-corrected chi connectivity index (χ1v) is 6.23. The van der Waals surface area contributed by atoms with Crippen LogP contribution in [0.2, 0.25) is 0 Å². The van der Waals surface area contributed by atoms with E-state index in [1.54, 1.807) is 0 Å². The molecule has 0 heterocycles. The largest absolute Gasteiger partial charge is 0.313 e. The Morgan fingerprint density at radius 2 is 2.00 bits per heavy atom. The highest BCUT2D eigenvalue weighted by Gasteiger charge is 2.27. The van der Waals surface area contributed by atoms with E-state index in [2.05, 4.69) is 31.0 Å². The van der Waals surface area contributed by atoms with Crippen LogP contribution in [0.4, 0.5) is 0 Å². The van der Waals surface area contributed by atoms with Crippen LogP contribution >= 0.6 is 0 Å². The van der Waals surface area contributed by atoms with Crippen LogP contribution in [-0.2, 0) is 0 Å². The van der Waals surface area contributed by atoms with Gasteiger partial charge in [-0.15, -0.1) is 0 Å². The van der Waals surface area contributed by atoms with Crippen molar-refractivity contribution >= 4 is 0 Å². The van der Waals surface area contributed by atoms with Crippen molar-refractivity contribution in [1.82, 2.24) is 10.2 Å². The Bertz CT molecular complexity index is 143. The molecule has 84 valence electrons. The number of nitrogens with one attached hydrogen (secondary N) is 1. The monoisotopic (exact) mass is 198 g/mol. The normalized spacial score (nSPS) is 18.9. The molecule has 0 radical (unpaired) electrons. The van der Waals surface area contributed by atoms with Gasteiger partial charge >= 0.3 is 0 Å². The maximum atomic E-state index is 3.63.